The van der Waals surface area contributed by atoms with Gasteiger partial charge in [0.2, 0.25) is 0 Å². The molecule has 2 atom stereocenters. The molecule has 124 valence electrons. The van der Waals surface area contributed by atoms with Gasteiger partial charge in [-0.1, -0.05) is 37.3 Å². The van der Waals surface area contributed by atoms with Crippen LogP contribution in [0.25, 0.3) is 0 Å². The Balaban J connectivity index is 1.65. The largest absolute Gasteiger partial charge is 0.457 e. The fourth-order valence-corrected chi connectivity index (χ4v) is 2.69. The van der Waals surface area contributed by atoms with Gasteiger partial charge in [0.05, 0.1) is 6.10 Å². The number of aliphatic hydroxyl groups excluding tert-OH is 1. The summed E-state index contributed by atoms with van der Waals surface area (Å²) in [5.41, 5.74) is 0.890. The van der Waals surface area contributed by atoms with Crippen molar-refractivity contribution in [2.45, 2.75) is 26.5 Å². The number of aliphatic hydroxyl groups is 1. The zero-order valence-corrected chi connectivity index (χ0v) is 14.0. The van der Waals surface area contributed by atoms with E-state index in [1.165, 1.54) is 0 Å². The van der Waals surface area contributed by atoms with Gasteiger partial charge in [-0.15, -0.1) is 0 Å². The highest BCUT2D eigenvalue weighted by Gasteiger charge is 2.17. The summed E-state index contributed by atoms with van der Waals surface area (Å²) in [5, 5.41) is 10.6. The van der Waals surface area contributed by atoms with Crippen LogP contribution in [0.5, 0.6) is 11.5 Å². The molecule has 0 saturated carbocycles. The van der Waals surface area contributed by atoms with E-state index in [0.717, 1.165) is 29.4 Å². The van der Waals surface area contributed by atoms with Gasteiger partial charge in [0, 0.05) is 24.9 Å². The van der Waals surface area contributed by atoms with Crippen LogP contribution in [0.3, 0.4) is 0 Å². The average molecular weight is 322 g/mol. The van der Waals surface area contributed by atoms with Gasteiger partial charge < -0.3 is 14.4 Å². The zero-order valence-electron chi connectivity index (χ0n) is 14.0. The first-order valence-electron chi connectivity index (χ1n) is 8.12. The minimum Gasteiger partial charge on any atom is -0.457 e. The topological polar surface area (TPSA) is 47.3 Å². The molecule has 2 unspecified atom stereocenters. The molecule has 1 heterocycles. The van der Waals surface area contributed by atoms with Crippen molar-refractivity contribution >= 4 is 0 Å². The van der Waals surface area contributed by atoms with Crippen molar-refractivity contribution in [2.75, 3.05) is 0 Å². The molecule has 0 amide bonds. The summed E-state index contributed by atoms with van der Waals surface area (Å²) in [5.74, 6) is 2.60. The molecule has 0 aliphatic rings. The van der Waals surface area contributed by atoms with Crippen molar-refractivity contribution in [3.05, 3.63) is 78.4 Å². The first-order chi connectivity index (χ1) is 11.6. The van der Waals surface area contributed by atoms with Gasteiger partial charge in [0.15, 0.2) is 0 Å². The monoisotopic (exact) mass is 322 g/mol. The molecule has 0 saturated heterocycles. The molecule has 0 bridgehead atoms. The number of ether oxygens (including phenoxy) is 1. The molecule has 1 N–H and O–H groups in total. The third-order valence-corrected chi connectivity index (χ3v) is 4.15. The Bertz CT molecular complexity index is 766. The number of imidazole rings is 1. The van der Waals surface area contributed by atoms with E-state index >= 15 is 0 Å². The van der Waals surface area contributed by atoms with E-state index in [9.17, 15) is 5.11 Å². The molecule has 0 radical (unpaired) electrons. The van der Waals surface area contributed by atoms with Gasteiger partial charge in [-0.25, -0.2) is 4.98 Å². The highest BCUT2D eigenvalue weighted by Crippen LogP contribution is 2.27. The molecule has 24 heavy (non-hydrogen) atoms. The van der Waals surface area contributed by atoms with Crippen molar-refractivity contribution < 1.29 is 9.84 Å². The van der Waals surface area contributed by atoms with Gasteiger partial charge >= 0.3 is 0 Å². The number of benzene rings is 2. The number of rotatable bonds is 6. The molecule has 3 rings (SSSR count). The molecular weight excluding hydrogens is 300 g/mol. The maximum absolute atomic E-state index is 10.6. The highest BCUT2D eigenvalue weighted by molar-refractivity contribution is 5.33. The number of para-hydroxylation sites is 1. The van der Waals surface area contributed by atoms with Crippen LogP contribution >= 0.6 is 0 Å². The minimum atomic E-state index is -0.530. The van der Waals surface area contributed by atoms with E-state index < -0.39 is 6.10 Å². The Morgan fingerprint density at radius 1 is 1.04 bits per heavy atom. The number of hydrogen-bond acceptors (Lipinski definition) is 3. The van der Waals surface area contributed by atoms with Gasteiger partial charge in [0.25, 0.3) is 0 Å². The van der Waals surface area contributed by atoms with Gasteiger partial charge in [-0.05, 0) is 36.8 Å². The normalized spacial score (nSPS) is 13.5. The van der Waals surface area contributed by atoms with E-state index in [-0.39, 0.29) is 5.92 Å². The molecule has 0 aliphatic carbocycles. The van der Waals surface area contributed by atoms with Gasteiger partial charge in [0.1, 0.15) is 17.3 Å². The summed E-state index contributed by atoms with van der Waals surface area (Å²) >= 11 is 0. The summed E-state index contributed by atoms with van der Waals surface area (Å²) in [6.45, 7) is 4.74. The van der Waals surface area contributed by atoms with Crippen molar-refractivity contribution in [3.8, 4) is 11.5 Å². The van der Waals surface area contributed by atoms with Crippen molar-refractivity contribution in [3.63, 3.8) is 0 Å². The van der Waals surface area contributed by atoms with Crippen LogP contribution in [0, 0.1) is 12.8 Å². The molecule has 4 nitrogen and oxygen atoms in total. The third kappa shape index (κ3) is 3.84. The summed E-state index contributed by atoms with van der Waals surface area (Å²) in [4.78, 5) is 4.22. The molecular formula is C20H22N2O2. The Labute approximate surface area is 142 Å². The Kier molecular flexibility index (Phi) is 4.96. The summed E-state index contributed by atoms with van der Waals surface area (Å²) in [7, 11) is 0. The lowest BCUT2D eigenvalue weighted by Gasteiger charge is -2.20. The number of nitrogens with zero attached hydrogens (tertiary/aromatic N) is 2. The lowest BCUT2D eigenvalue weighted by Crippen LogP contribution is -2.16. The smallest absolute Gasteiger partial charge is 0.127 e. The molecule has 3 aromatic rings. The Hall–Kier alpha value is -2.59. The lowest BCUT2D eigenvalue weighted by atomic mass is 9.97. The molecule has 2 aromatic carbocycles. The van der Waals surface area contributed by atoms with E-state index in [0.29, 0.717) is 0 Å². The van der Waals surface area contributed by atoms with Crippen molar-refractivity contribution in [1.82, 2.24) is 9.55 Å². The van der Waals surface area contributed by atoms with E-state index in [2.05, 4.69) is 9.55 Å². The summed E-state index contributed by atoms with van der Waals surface area (Å²) in [6, 6.07) is 17.3. The number of aromatic nitrogens is 2. The lowest BCUT2D eigenvalue weighted by molar-refractivity contribution is 0.107. The molecule has 0 fully saturated rings. The van der Waals surface area contributed by atoms with Gasteiger partial charge in [-0.2, -0.15) is 0 Å². The first kappa shape index (κ1) is 16.3. The van der Waals surface area contributed by atoms with Crippen molar-refractivity contribution in [2.24, 2.45) is 5.92 Å². The SMILES string of the molecule is Cc1nccn1CC(C)C(O)c1ccc(Oc2ccccc2)cc1. The van der Waals surface area contributed by atoms with Crippen LogP contribution in [-0.2, 0) is 6.54 Å². The number of aryl methyl sites for hydroxylation is 1. The maximum atomic E-state index is 10.6. The summed E-state index contributed by atoms with van der Waals surface area (Å²) < 4.78 is 7.84. The van der Waals surface area contributed by atoms with E-state index in [4.69, 9.17) is 4.74 Å². The second kappa shape index (κ2) is 7.32. The minimum absolute atomic E-state index is 0.0822. The first-order valence-corrected chi connectivity index (χ1v) is 8.12. The molecule has 0 aliphatic heterocycles. The number of hydrogen-bond donors (Lipinski definition) is 1. The maximum Gasteiger partial charge on any atom is 0.127 e. The predicted octanol–water partition coefficient (Wildman–Crippen LogP) is 4.35. The standard InChI is InChI=1S/C20H22N2O2/c1-15(14-22-13-12-21-16(22)2)20(23)17-8-10-19(11-9-17)24-18-6-4-3-5-7-18/h3-13,15,20,23H,14H2,1-2H3. The van der Waals surface area contributed by atoms with E-state index in [1.807, 2.05) is 74.6 Å². The Morgan fingerprint density at radius 2 is 1.71 bits per heavy atom. The van der Waals surface area contributed by atoms with Crippen LogP contribution in [0.4, 0.5) is 0 Å². The predicted molar refractivity (Wildman–Crippen MR) is 94.0 cm³/mol. The van der Waals surface area contributed by atoms with Crippen LogP contribution in [0.15, 0.2) is 67.0 Å². The molecule has 1 aromatic heterocycles. The van der Waals surface area contributed by atoms with Crippen molar-refractivity contribution in [1.29, 1.82) is 0 Å². The van der Waals surface area contributed by atoms with E-state index in [1.54, 1.807) is 6.20 Å². The molecule has 4 heteroatoms. The Morgan fingerprint density at radius 3 is 2.33 bits per heavy atom. The van der Waals surface area contributed by atoms with Gasteiger partial charge in [-0.3, -0.25) is 0 Å². The quantitative estimate of drug-likeness (QED) is 0.734. The van der Waals surface area contributed by atoms with Crippen LogP contribution in [-0.4, -0.2) is 14.7 Å². The fourth-order valence-electron chi connectivity index (χ4n) is 2.69. The summed E-state index contributed by atoms with van der Waals surface area (Å²) in [6.07, 6.45) is 3.19. The fraction of sp³-hybridized carbons (Fsp3) is 0.250. The second-order valence-corrected chi connectivity index (χ2v) is 6.03. The van der Waals surface area contributed by atoms with Crippen LogP contribution < -0.4 is 4.74 Å². The zero-order chi connectivity index (χ0) is 16.9. The molecule has 0 spiro atoms. The van der Waals surface area contributed by atoms with Crippen LogP contribution in [0.1, 0.15) is 24.4 Å². The second-order valence-electron chi connectivity index (χ2n) is 6.03. The van der Waals surface area contributed by atoms with Crippen LogP contribution in [0.2, 0.25) is 0 Å². The highest BCUT2D eigenvalue weighted by atomic mass is 16.5. The average Bonchev–Trinajstić information content (AvgIpc) is 3.00. The third-order valence-electron chi connectivity index (χ3n) is 4.15.